The van der Waals surface area contributed by atoms with Crippen LogP contribution in [0.1, 0.15) is 0 Å². The zero-order chi connectivity index (χ0) is 20.5. The third-order valence-corrected chi connectivity index (χ3v) is 6.27. The highest BCUT2D eigenvalue weighted by atomic mass is 32.2. The number of sulfonamides is 1. The molecule has 12 heteroatoms. The molecule has 0 spiro atoms. The van der Waals surface area contributed by atoms with Gasteiger partial charge in [-0.05, 0) is 12.1 Å². The Hall–Kier alpha value is -3.12. The first-order chi connectivity index (χ1) is 13.2. The van der Waals surface area contributed by atoms with Gasteiger partial charge in [0.1, 0.15) is 11.5 Å². The molecule has 1 fully saturated rings. The maximum atomic E-state index is 13.5. The second kappa shape index (κ2) is 7.48. The van der Waals surface area contributed by atoms with E-state index in [4.69, 9.17) is 0 Å². The number of nitro groups is 2. The fourth-order valence-electron chi connectivity index (χ4n) is 2.98. The molecule has 1 saturated heterocycles. The third-order valence-electron chi connectivity index (χ3n) is 4.38. The maximum absolute atomic E-state index is 13.5. The van der Waals surface area contributed by atoms with Crippen molar-refractivity contribution in [1.82, 2.24) is 4.31 Å². The molecule has 0 radical (unpaired) electrons. The summed E-state index contributed by atoms with van der Waals surface area (Å²) in [6.07, 6.45) is 0. The molecule has 2 aromatic carbocycles. The lowest BCUT2D eigenvalue weighted by atomic mass is 10.2. The summed E-state index contributed by atoms with van der Waals surface area (Å²) < 4.78 is 40.2. The van der Waals surface area contributed by atoms with Crippen LogP contribution in [-0.4, -0.2) is 48.7 Å². The number of halogens is 1. The van der Waals surface area contributed by atoms with E-state index < -0.39 is 25.7 Å². The molecule has 0 saturated carbocycles. The third kappa shape index (κ3) is 3.77. The predicted molar refractivity (Wildman–Crippen MR) is 97.1 cm³/mol. The molecular weight excluding hydrogens is 395 g/mol. The van der Waals surface area contributed by atoms with Gasteiger partial charge in [-0.2, -0.15) is 4.31 Å². The summed E-state index contributed by atoms with van der Waals surface area (Å²) >= 11 is 0. The van der Waals surface area contributed by atoms with Gasteiger partial charge in [-0.25, -0.2) is 12.8 Å². The van der Waals surface area contributed by atoms with Gasteiger partial charge in [0.05, 0.1) is 14.7 Å². The van der Waals surface area contributed by atoms with Crippen molar-refractivity contribution in [3.05, 3.63) is 68.5 Å². The van der Waals surface area contributed by atoms with Crippen LogP contribution in [0.3, 0.4) is 0 Å². The minimum atomic E-state index is -3.96. The molecule has 148 valence electrons. The Morgan fingerprint density at radius 2 is 1.61 bits per heavy atom. The second-order valence-electron chi connectivity index (χ2n) is 6.04. The van der Waals surface area contributed by atoms with Gasteiger partial charge in [-0.15, -0.1) is 0 Å². The van der Waals surface area contributed by atoms with Crippen LogP contribution in [0.4, 0.5) is 21.5 Å². The van der Waals surface area contributed by atoms with E-state index in [-0.39, 0.29) is 48.1 Å². The lowest BCUT2D eigenvalue weighted by molar-refractivity contribution is -0.385. The van der Waals surface area contributed by atoms with E-state index in [9.17, 15) is 33.0 Å². The number of anilines is 1. The first kappa shape index (κ1) is 19.6. The van der Waals surface area contributed by atoms with E-state index in [1.165, 1.54) is 18.2 Å². The Morgan fingerprint density at radius 1 is 0.929 bits per heavy atom. The van der Waals surface area contributed by atoms with Crippen LogP contribution in [-0.2, 0) is 10.0 Å². The Balaban J connectivity index is 1.81. The fourth-order valence-corrected chi connectivity index (χ4v) is 4.44. The normalized spacial score (nSPS) is 15.4. The molecule has 10 nitrogen and oxygen atoms in total. The highest BCUT2D eigenvalue weighted by molar-refractivity contribution is 7.89. The number of nitrogens with zero attached hydrogens (tertiary/aromatic N) is 4. The number of nitro benzene ring substituents is 2. The van der Waals surface area contributed by atoms with E-state index in [1.54, 1.807) is 4.90 Å². The summed E-state index contributed by atoms with van der Waals surface area (Å²) in [5, 5.41) is 22.0. The molecule has 0 atom stereocenters. The minimum Gasteiger partial charge on any atom is -0.363 e. The number of hydrogen-bond donors (Lipinski definition) is 0. The smallest absolute Gasteiger partial charge is 0.292 e. The number of piperazine rings is 1. The van der Waals surface area contributed by atoms with Crippen LogP contribution in [0.15, 0.2) is 47.4 Å². The van der Waals surface area contributed by atoms with Crippen LogP contribution >= 0.6 is 0 Å². The number of hydrogen-bond acceptors (Lipinski definition) is 7. The van der Waals surface area contributed by atoms with Gasteiger partial charge in [0.2, 0.25) is 10.0 Å². The Labute approximate surface area is 159 Å². The largest absolute Gasteiger partial charge is 0.363 e. The van der Waals surface area contributed by atoms with Crippen molar-refractivity contribution < 1.29 is 22.7 Å². The standard InChI is InChI=1S/C16H15FN4O6S/c17-12-4-5-15(21(24)25)16(10-12)18-6-8-19(9-7-18)28(26,27)14-3-1-2-13(11-14)20(22)23/h1-5,10-11H,6-9H2. The topological polar surface area (TPSA) is 127 Å². The Morgan fingerprint density at radius 3 is 2.21 bits per heavy atom. The summed E-state index contributed by atoms with van der Waals surface area (Å²) in [6.45, 7) is 0.217. The van der Waals surface area contributed by atoms with E-state index in [0.717, 1.165) is 28.6 Å². The van der Waals surface area contributed by atoms with Gasteiger partial charge >= 0.3 is 0 Å². The quantitative estimate of drug-likeness (QED) is 0.546. The van der Waals surface area contributed by atoms with Gasteiger partial charge in [-0.1, -0.05) is 6.07 Å². The van der Waals surface area contributed by atoms with Gasteiger partial charge in [-0.3, -0.25) is 20.2 Å². The molecule has 1 aliphatic heterocycles. The molecule has 0 aromatic heterocycles. The lowest BCUT2D eigenvalue weighted by Gasteiger charge is -2.35. The van der Waals surface area contributed by atoms with Gasteiger partial charge < -0.3 is 4.90 Å². The van der Waals surface area contributed by atoms with Crippen LogP contribution < -0.4 is 4.90 Å². The SMILES string of the molecule is O=[N+]([O-])c1cccc(S(=O)(=O)N2CCN(c3cc(F)ccc3[N+](=O)[O-])CC2)c1. The average molecular weight is 410 g/mol. The maximum Gasteiger partial charge on any atom is 0.292 e. The lowest BCUT2D eigenvalue weighted by Crippen LogP contribution is -2.48. The monoisotopic (exact) mass is 410 g/mol. The van der Waals surface area contributed by atoms with Crippen LogP contribution in [0.5, 0.6) is 0 Å². The molecule has 1 heterocycles. The molecule has 0 unspecified atom stereocenters. The molecule has 3 rings (SSSR count). The van der Waals surface area contributed by atoms with Crippen molar-refractivity contribution in [2.24, 2.45) is 0 Å². The number of non-ortho nitro benzene ring substituents is 1. The zero-order valence-corrected chi connectivity index (χ0v) is 15.2. The van der Waals surface area contributed by atoms with Crippen LogP contribution in [0, 0.1) is 26.0 Å². The first-order valence-corrected chi connectivity index (χ1v) is 9.57. The fraction of sp³-hybridized carbons (Fsp3) is 0.250. The van der Waals surface area contributed by atoms with Crippen molar-refractivity contribution in [3.8, 4) is 0 Å². The van der Waals surface area contributed by atoms with Crippen molar-refractivity contribution in [1.29, 1.82) is 0 Å². The molecular formula is C16H15FN4O6S. The minimum absolute atomic E-state index is 0.00130. The highest BCUT2D eigenvalue weighted by Crippen LogP contribution is 2.30. The molecule has 28 heavy (non-hydrogen) atoms. The van der Waals surface area contributed by atoms with Gasteiger partial charge in [0.25, 0.3) is 11.4 Å². The molecule has 0 N–H and O–H groups in total. The van der Waals surface area contributed by atoms with E-state index in [2.05, 4.69) is 0 Å². The summed E-state index contributed by atoms with van der Waals surface area (Å²) in [4.78, 5) is 22.1. The van der Waals surface area contributed by atoms with E-state index in [0.29, 0.717) is 0 Å². The molecule has 1 aliphatic rings. The number of rotatable bonds is 5. The Kier molecular flexibility index (Phi) is 5.25. The first-order valence-electron chi connectivity index (χ1n) is 8.13. The van der Waals surface area contributed by atoms with Gasteiger partial charge in [0.15, 0.2) is 0 Å². The summed E-state index contributed by atoms with van der Waals surface area (Å²) in [7, 11) is -3.96. The Bertz CT molecular complexity index is 1040. The zero-order valence-electron chi connectivity index (χ0n) is 14.4. The van der Waals surface area contributed by atoms with E-state index in [1.807, 2.05) is 0 Å². The summed E-state index contributed by atoms with van der Waals surface area (Å²) in [5.41, 5.74) is -0.524. The van der Waals surface area contributed by atoms with Crippen molar-refractivity contribution in [3.63, 3.8) is 0 Å². The second-order valence-corrected chi connectivity index (χ2v) is 7.97. The van der Waals surface area contributed by atoms with Crippen molar-refractivity contribution >= 4 is 27.1 Å². The van der Waals surface area contributed by atoms with Crippen LogP contribution in [0.2, 0.25) is 0 Å². The van der Waals surface area contributed by atoms with Crippen molar-refractivity contribution in [2.45, 2.75) is 4.90 Å². The van der Waals surface area contributed by atoms with Crippen LogP contribution in [0.25, 0.3) is 0 Å². The summed E-state index contributed by atoms with van der Waals surface area (Å²) in [6, 6.07) is 7.84. The average Bonchev–Trinajstić information content (AvgIpc) is 2.68. The molecule has 0 aliphatic carbocycles. The molecule has 0 amide bonds. The molecule has 2 aromatic rings. The summed E-state index contributed by atoms with van der Waals surface area (Å²) in [5.74, 6) is -0.632. The van der Waals surface area contributed by atoms with Gasteiger partial charge in [0, 0.05) is 50.4 Å². The van der Waals surface area contributed by atoms with E-state index >= 15 is 0 Å². The highest BCUT2D eigenvalue weighted by Gasteiger charge is 2.31. The molecule has 0 bridgehead atoms. The number of benzene rings is 2. The predicted octanol–water partition coefficient (Wildman–Crippen LogP) is 2.15. The van der Waals surface area contributed by atoms with Crippen molar-refractivity contribution in [2.75, 3.05) is 31.1 Å².